The third kappa shape index (κ3) is 5.72. The lowest BCUT2D eigenvalue weighted by molar-refractivity contribution is 1.18. The average Bonchev–Trinajstić information content (AvgIpc) is 3.31. The fourth-order valence-corrected chi connectivity index (χ4v) is 8.61. The van der Waals surface area contributed by atoms with Crippen molar-refractivity contribution in [2.75, 3.05) is 0 Å². The third-order valence-electron chi connectivity index (χ3n) is 11.3. The lowest BCUT2D eigenvalue weighted by Gasteiger charge is -2.21. The van der Waals surface area contributed by atoms with Crippen LogP contribution in [0.3, 0.4) is 0 Å². The molecule has 3 heteroatoms. The number of hydrogen-bond donors (Lipinski definition) is 0. The molecular weight excluding hydrogens is 703 g/mol. The molecule has 11 rings (SSSR count). The molecule has 0 saturated heterocycles. The molecule has 0 unspecified atom stereocenters. The van der Waals surface area contributed by atoms with Crippen LogP contribution in [0, 0.1) is 0 Å². The van der Waals surface area contributed by atoms with Gasteiger partial charge in [-0.3, -0.25) is 0 Å². The van der Waals surface area contributed by atoms with Crippen LogP contribution in [0.25, 0.3) is 111 Å². The van der Waals surface area contributed by atoms with Crippen molar-refractivity contribution in [3.8, 4) is 67.4 Å². The van der Waals surface area contributed by atoms with Gasteiger partial charge in [-0.2, -0.15) is 0 Å². The van der Waals surface area contributed by atoms with Gasteiger partial charge in [-0.25, -0.2) is 15.0 Å². The summed E-state index contributed by atoms with van der Waals surface area (Å²) in [6.45, 7) is 0. The van der Waals surface area contributed by atoms with Crippen molar-refractivity contribution in [2.45, 2.75) is 0 Å². The molecule has 0 spiro atoms. The molecule has 9 aromatic carbocycles. The first-order valence-electron chi connectivity index (χ1n) is 19.7. The molecule has 0 atom stereocenters. The van der Waals surface area contributed by atoms with E-state index in [0.717, 1.165) is 66.8 Å². The lowest BCUT2D eigenvalue weighted by Crippen LogP contribution is -1.97. The van der Waals surface area contributed by atoms with Gasteiger partial charge in [0.25, 0.3) is 0 Å². The van der Waals surface area contributed by atoms with Gasteiger partial charge in [0, 0.05) is 38.4 Å². The zero-order chi connectivity index (χ0) is 38.4. The summed E-state index contributed by atoms with van der Waals surface area (Å²) in [7, 11) is 0. The summed E-state index contributed by atoms with van der Waals surface area (Å²) in [5, 5.41) is 8.26. The number of hydrogen-bond acceptors (Lipinski definition) is 3. The first kappa shape index (κ1) is 33.6. The van der Waals surface area contributed by atoms with Crippen LogP contribution in [0.4, 0.5) is 0 Å². The predicted octanol–water partition coefficient (Wildman–Crippen LogP) is 14.5. The molecule has 2 heterocycles. The fourth-order valence-electron chi connectivity index (χ4n) is 8.61. The molecule has 0 aliphatic rings. The van der Waals surface area contributed by atoms with Crippen LogP contribution in [0.15, 0.2) is 212 Å². The van der Waals surface area contributed by atoms with Crippen molar-refractivity contribution in [3.05, 3.63) is 212 Å². The minimum absolute atomic E-state index is 0.702. The fraction of sp³-hybridized carbons (Fsp3) is 0. The van der Waals surface area contributed by atoms with Gasteiger partial charge in [0.05, 0.1) is 22.6 Å². The minimum Gasteiger partial charge on any atom is -0.247 e. The van der Waals surface area contributed by atoms with E-state index in [9.17, 15) is 0 Å². The van der Waals surface area contributed by atoms with Crippen molar-refractivity contribution in [2.24, 2.45) is 0 Å². The molecule has 2 aromatic heterocycles. The van der Waals surface area contributed by atoms with Crippen LogP contribution < -0.4 is 0 Å². The highest BCUT2D eigenvalue weighted by atomic mass is 14.9. The van der Waals surface area contributed by atoms with Crippen LogP contribution in [-0.2, 0) is 0 Å². The van der Waals surface area contributed by atoms with E-state index in [1.807, 2.05) is 24.3 Å². The zero-order valence-corrected chi connectivity index (χ0v) is 31.5. The van der Waals surface area contributed by atoms with E-state index in [0.29, 0.717) is 5.82 Å². The summed E-state index contributed by atoms with van der Waals surface area (Å²) in [5.41, 5.74) is 12.6. The Labute approximate surface area is 336 Å². The number of pyridine rings is 1. The van der Waals surface area contributed by atoms with Crippen LogP contribution in [0.1, 0.15) is 0 Å². The Balaban J connectivity index is 1.17. The van der Waals surface area contributed by atoms with Gasteiger partial charge >= 0.3 is 0 Å². The summed E-state index contributed by atoms with van der Waals surface area (Å²) >= 11 is 0. The van der Waals surface area contributed by atoms with Gasteiger partial charge in [-0.05, 0) is 55.9 Å². The van der Waals surface area contributed by atoms with Gasteiger partial charge in [-0.15, -0.1) is 0 Å². The largest absolute Gasteiger partial charge is 0.247 e. The van der Waals surface area contributed by atoms with Gasteiger partial charge in [-0.1, -0.05) is 200 Å². The monoisotopic (exact) mass is 737 g/mol. The van der Waals surface area contributed by atoms with Crippen molar-refractivity contribution in [1.29, 1.82) is 0 Å². The Morgan fingerprint density at radius 3 is 1.38 bits per heavy atom. The van der Waals surface area contributed by atoms with Gasteiger partial charge < -0.3 is 0 Å². The average molecular weight is 738 g/mol. The molecule has 0 aliphatic heterocycles. The highest BCUT2D eigenvalue weighted by Gasteiger charge is 2.22. The second kappa shape index (κ2) is 14.1. The molecule has 270 valence electrons. The summed E-state index contributed by atoms with van der Waals surface area (Å²) in [6.07, 6.45) is 0. The van der Waals surface area contributed by atoms with E-state index in [1.165, 1.54) is 38.1 Å². The second-order valence-electron chi connectivity index (χ2n) is 14.7. The molecule has 58 heavy (non-hydrogen) atoms. The van der Waals surface area contributed by atoms with Crippen LogP contribution in [0.2, 0.25) is 0 Å². The third-order valence-corrected chi connectivity index (χ3v) is 11.3. The number of benzene rings is 9. The number of rotatable bonds is 6. The maximum Gasteiger partial charge on any atom is 0.160 e. The standard InChI is InChI=1S/C55H35N3/c1-4-17-36(18-5-1)41-28-16-29-47-52(41)46-27-14-15-30-48(46)56-54(47)53-45-26-13-11-24-43(45)42-23-10-12-25-44(42)51(53)39-33-31-38(32-34-39)50-35-49(37-19-6-2-7-20-37)57-55(58-50)40-21-8-3-9-22-40/h1-35H. The molecule has 3 nitrogen and oxygen atoms in total. The normalized spacial score (nSPS) is 11.4. The van der Waals surface area contributed by atoms with E-state index in [4.69, 9.17) is 15.0 Å². The predicted molar refractivity (Wildman–Crippen MR) is 242 cm³/mol. The van der Waals surface area contributed by atoms with Crippen molar-refractivity contribution < 1.29 is 0 Å². The maximum absolute atomic E-state index is 5.58. The molecule has 0 saturated carbocycles. The number of aromatic nitrogens is 3. The number of nitrogens with zero attached hydrogens (tertiary/aromatic N) is 3. The molecular formula is C55H35N3. The number of para-hydroxylation sites is 1. The Hall–Kier alpha value is -7.75. The molecule has 0 aliphatic carbocycles. The second-order valence-corrected chi connectivity index (χ2v) is 14.7. The summed E-state index contributed by atoms with van der Waals surface area (Å²) in [4.78, 5) is 15.7. The van der Waals surface area contributed by atoms with E-state index in [-0.39, 0.29) is 0 Å². The Bertz CT molecular complexity index is 3250. The SMILES string of the molecule is c1ccc(-c2cc(-c3ccc(-c4c(-c5nc6ccccc6c6c(-c7ccccc7)cccc56)c5ccccc5c5ccccc45)cc3)nc(-c3ccccc3)n2)cc1. The minimum atomic E-state index is 0.702. The van der Waals surface area contributed by atoms with Crippen LogP contribution in [0.5, 0.6) is 0 Å². The van der Waals surface area contributed by atoms with Crippen LogP contribution >= 0.6 is 0 Å². The summed E-state index contributed by atoms with van der Waals surface area (Å²) in [6, 6.07) is 75.1. The summed E-state index contributed by atoms with van der Waals surface area (Å²) < 4.78 is 0. The van der Waals surface area contributed by atoms with Gasteiger partial charge in [0.1, 0.15) is 0 Å². The van der Waals surface area contributed by atoms with Gasteiger partial charge in [0.15, 0.2) is 5.82 Å². The van der Waals surface area contributed by atoms with Crippen LogP contribution in [-0.4, -0.2) is 15.0 Å². The molecule has 0 bridgehead atoms. The lowest BCUT2D eigenvalue weighted by atomic mass is 9.84. The quantitative estimate of drug-likeness (QED) is 0.160. The first-order valence-corrected chi connectivity index (χ1v) is 19.7. The highest BCUT2D eigenvalue weighted by Crippen LogP contribution is 2.48. The Kier molecular flexibility index (Phi) is 8.15. The maximum atomic E-state index is 5.58. The first-order chi connectivity index (χ1) is 28.8. The number of fused-ring (bicyclic) bond motifs is 6. The van der Waals surface area contributed by atoms with E-state index < -0.39 is 0 Å². The Morgan fingerprint density at radius 2 is 0.741 bits per heavy atom. The van der Waals surface area contributed by atoms with E-state index >= 15 is 0 Å². The van der Waals surface area contributed by atoms with Gasteiger partial charge in [0.2, 0.25) is 0 Å². The highest BCUT2D eigenvalue weighted by molar-refractivity contribution is 6.25. The molecule has 11 aromatic rings. The molecule has 0 N–H and O–H groups in total. The topological polar surface area (TPSA) is 38.7 Å². The van der Waals surface area contributed by atoms with E-state index in [1.54, 1.807) is 0 Å². The zero-order valence-electron chi connectivity index (χ0n) is 31.5. The van der Waals surface area contributed by atoms with Crippen molar-refractivity contribution >= 4 is 43.2 Å². The smallest absolute Gasteiger partial charge is 0.160 e. The molecule has 0 fully saturated rings. The van der Waals surface area contributed by atoms with E-state index in [2.05, 4.69) is 188 Å². The Morgan fingerprint density at radius 1 is 0.276 bits per heavy atom. The summed E-state index contributed by atoms with van der Waals surface area (Å²) in [5.74, 6) is 0.702. The van der Waals surface area contributed by atoms with Crippen molar-refractivity contribution in [3.63, 3.8) is 0 Å². The van der Waals surface area contributed by atoms with Crippen molar-refractivity contribution in [1.82, 2.24) is 15.0 Å². The molecule has 0 amide bonds. The molecule has 0 radical (unpaired) electrons.